The zero-order valence-corrected chi connectivity index (χ0v) is 25.2. The van der Waals surface area contributed by atoms with Crippen LogP contribution in [0.15, 0.2) is 36.5 Å². The first-order valence-electron chi connectivity index (χ1n) is 14.4. The molecule has 0 aliphatic rings. The van der Waals surface area contributed by atoms with Crippen LogP contribution in [0, 0.1) is 0 Å². The van der Waals surface area contributed by atoms with Crippen molar-refractivity contribution >= 4 is 19.8 Å². The molecule has 0 fully saturated rings. The second kappa shape index (κ2) is 26.1. The Morgan fingerprint density at radius 3 is 1.70 bits per heavy atom. The van der Waals surface area contributed by atoms with Crippen LogP contribution in [-0.2, 0) is 32.7 Å². The van der Waals surface area contributed by atoms with Crippen LogP contribution in [-0.4, -0.2) is 65.7 Å². The number of unbranched alkanes of at least 4 members (excludes halogenated alkanes) is 6. The molecule has 0 rings (SSSR count). The number of esters is 2. The molecule has 0 aliphatic carbocycles. The molecule has 0 radical (unpaired) electrons. The molecule has 0 spiro atoms. The van der Waals surface area contributed by atoms with E-state index in [9.17, 15) is 29.3 Å². The molecule has 0 aromatic heterocycles. The summed E-state index contributed by atoms with van der Waals surface area (Å²) in [5.74, 6) is -1.08. The van der Waals surface area contributed by atoms with E-state index in [0.717, 1.165) is 57.8 Å². The van der Waals surface area contributed by atoms with Gasteiger partial charge in [-0.3, -0.25) is 18.6 Å². The van der Waals surface area contributed by atoms with Crippen LogP contribution in [0.2, 0.25) is 0 Å². The zero-order valence-electron chi connectivity index (χ0n) is 24.3. The normalized spacial score (nSPS) is 15.0. The minimum absolute atomic E-state index is 0.164. The standard InChI is InChI=1S/C29H51O10P/c1-3-5-7-8-9-10-11-12-13-14-15-16-17-18-19-21-29(33)39-27(23-31)25-37-40(34,35)36-24-26(22-30)38-28(32)20-6-4-2/h5,7,9-10,12-13,26-27,30-31H,3-4,6,8,11,14-25H2,1-2H3,(H,34,35)/b7-5-,10-9-,13-12-. The number of allylic oxidation sites excluding steroid dienone is 6. The van der Waals surface area contributed by atoms with Gasteiger partial charge in [0.05, 0.1) is 26.4 Å². The molecule has 0 bridgehead atoms. The molecule has 11 heteroatoms. The molecule has 0 aromatic carbocycles. The molecular weight excluding hydrogens is 539 g/mol. The summed E-state index contributed by atoms with van der Waals surface area (Å²) in [4.78, 5) is 33.5. The summed E-state index contributed by atoms with van der Waals surface area (Å²) in [6.07, 6.45) is 21.3. The van der Waals surface area contributed by atoms with Crippen molar-refractivity contribution in [1.82, 2.24) is 0 Å². The summed E-state index contributed by atoms with van der Waals surface area (Å²) >= 11 is 0. The number of phosphoric acid groups is 1. The van der Waals surface area contributed by atoms with Gasteiger partial charge in [0.1, 0.15) is 12.2 Å². The van der Waals surface area contributed by atoms with Crippen LogP contribution in [0.3, 0.4) is 0 Å². The van der Waals surface area contributed by atoms with Crippen LogP contribution in [0.1, 0.15) is 97.3 Å². The molecule has 3 N–H and O–H groups in total. The second-order valence-electron chi connectivity index (χ2n) is 9.35. The number of hydrogen-bond acceptors (Lipinski definition) is 9. The summed E-state index contributed by atoms with van der Waals surface area (Å²) < 4.78 is 31.8. The molecule has 0 aliphatic heterocycles. The van der Waals surface area contributed by atoms with Crippen molar-refractivity contribution in [3.8, 4) is 0 Å². The van der Waals surface area contributed by atoms with E-state index in [1.54, 1.807) is 0 Å². The van der Waals surface area contributed by atoms with Gasteiger partial charge in [0.2, 0.25) is 0 Å². The molecule has 40 heavy (non-hydrogen) atoms. The van der Waals surface area contributed by atoms with E-state index >= 15 is 0 Å². The van der Waals surface area contributed by atoms with Crippen molar-refractivity contribution in [3.05, 3.63) is 36.5 Å². The lowest BCUT2D eigenvalue weighted by atomic mass is 10.1. The summed E-state index contributed by atoms with van der Waals surface area (Å²) in [5.41, 5.74) is 0. The largest absolute Gasteiger partial charge is 0.472 e. The van der Waals surface area contributed by atoms with Gasteiger partial charge in [0, 0.05) is 12.8 Å². The lowest BCUT2D eigenvalue weighted by Crippen LogP contribution is -2.28. The lowest BCUT2D eigenvalue weighted by molar-refractivity contribution is -0.153. The van der Waals surface area contributed by atoms with Crippen molar-refractivity contribution in [2.75, 3.05) is 26.4 Å². The predicted molar refractivity (Wildman–Crippen MR) is 154 cm³/mol. The van der Waals surface area contributed by atoms with Crippen LogP contribution in [0.4, 0.5) is 0 Å². The van der Waals surface area contributed by atoms with Crippen molar-refractivity contribution in [3.63, 3.8) is 0 Å². The van der Waals surface area contributed by atoms with E-state index in [1.165, 1.54) is 0 Å². The molecule has 3 unspecified atom stereocenters. The fourth-order valence-corrected chi connectivity index (χ4v) is 4.12. The van der Waals surface area contributed by atoms with Crippen molar-refractivity contribution in [2.45, 2.75) is 110 Å². The smallest absolute Gasteiger partial charge is 0.457 e. The molecule has 0 amide bonds. The average molecular weight is 591 g/mol. The monoisotopic (exact) mass is 590 g/mol. The first-order valence-corrected chi connectivity index (χ1v) is 15.9. The third kappa shape index (κ3) is 24.0. The molecule has 0 heterocycles. The maximum Gasteiger partial charge on any atom is 0.472 e. The fourth-order valence-electron chi connectivity index (χ4n) is 3.34. The van der Waals surface area contributed by atoms with E-state index in [-0.39, 0.29) is 12.8 Å². The highest BCUT2D eigenvalue weighted by molar-refractivity contribution is 7.47. The summed E-state index contributed by atoms with van der Waals surface area (Å²) in [6.45, 7) is 1.72. The first-order chi connectivity index (χ1) is 19.3. The van der Waals surface area contributed by atoms with Crippen LogP contribution in [0.25, 0.3) is 0 Å². The van der Waals surface area contributed by atoms with Gasteiger partial charge in [-0.15, -0.1) is 0 Å². The van der Waals surface area contributed by atoms with E-state index in [1.807, 2.05) is 6.92 Å². The predicted octanol–water partition coefficient (Wildman–Crippen LogP) is 5.71. The Kier molecular flexibility index (Phi) is 24.9. The quantitative estimate of drug-likeness (QED) is 0.0495. The Morgan fingerprint density at radius 2 is 1.18 bits per heavy atom. The lowest BCUT2D eigenvalue weighted by Gasteiger charge is -2.20. The Balaban J connectivity index is 4.02. The molecular formula is C29H51O10P. The maximum atomic E-state index is 12.1. The van der Waals surface area contributed by atoms with Crippen molar-refractivity contribution < 1.29 is 47.8 Å². The Bertz CT molecular complexity index is 781. The van der Waals surface area contributed by atoms with Crippen molar-refractivity contribution in [2.24, 2.45) is 0 Å². The molecule has 0 saturated heterocycles. The average Bonchev–Trinajstić information content (AvgIpc) is 2.94. The van der Waals surface area contributed by atoms with Gasteiger partial charge >= 0.3 is 19.8 Å². The summed E-state index contributed by atoms with van der Waals surface area (Å²) in [7, 11) is -4.60. The minimum atomic E-state index is -4.60. The third-order valence-corrected chi connectivity index (χ3v) is 6.57. The Hall–Kier alpha value is -1.81. The topological polar surface area (TPSA) is 149 Å². The number of carbonyl (C=O) groups excluding carboxylic acids is 2. The molecule has 3 atom stereocenters. The Labute approximate surface area is 240 Å². The number of carbonyl (C=O) groups is 2. The highest BCUT2D eigenvalue weighted by Crippen LogP contribution is 2.43. The zero-order chi connectivity index (χ0) is 29.9. The number of aliphatic hydroxyl groups excluding tert-OH is 2. The second-order valence-corrected chi connectivity index (χ2v) is 10.8. The summed E-state index contributed by atoms with van der Waals surface area (Å²) in [5, 5.41) is 18.7. The van der Waals surface area contributed by atoms with Gasteiger partial charge in [-0.1, -0.05) is 76.0 Å². The van der Waals surface area contributed by atoms with E-state index in [4.69, 9.17) is 18.5 Å². The third-order valence-electron chi connectivity index (χ3n) is 5.62. The van der Waals surface area contributed by atoms with Gasteiger partial charge in [0.15, 0.2) is 0 Å². The molecule has 10 nitrogen and oxygen atoms in total. The van der Waals surface area contributed by atoms with Crippen molar-refractivity contribution in [1.29, 1.82) is 0 Å². The van der Waals surface area contributed by atoms with E-state index < -0.39 is 58.4 Å². The number of ether oxygens (including phenoxy) is 2. The molecule has 0 saturated carbocycles. The summed E-state index contributed by atoms with van der Waals surface area (Å²) in [6, 6.07) is 0. The van der Waals surface area contributed by atoms with Crippen LogP contribution >= 0.6 is 7.82 Å². The SMILES string of the molecule is CC/C=C\C/C=C\C/C=C\CCCCCCCC(=O)OC(CO)COP(=O)(O)OCC(CO)OC(=O)CCCC. The number of rotatable bonds is 26. The molecule has 0 aromatic rings. The van der Waals surface area contributed by atoms with Crippen LogP contribution in [0.5, 0.6) is 0 Å². The number of aliphatic hydroxyl groups is 2. The van der Waals surface area contributed by atoms with Gasteiger partial charge < -0.3 is 24.6 Å². The highest BCUT2D eigenvalue weighted by Gasteiger charge is 2.27. The first kappa shape index (κ1) is 38.2. The van der Waals surface area contributed by atoms with E-state index in [0.29, 0.717) is 12.8 Å². The Morgan fingerprint density at radius 1 is 0.700 bits per heavy atom. The number of hydrogen-bond donors (Lipinski definition) is 3. The highest BCUT2D eigenvalue weighted by atomic mass is 31.2. The van der Waals surface area contributed by atoms with Crippen LogP contribution < -0.4 is 0 Å². The van der Waals surface area contributed by atoms with Gasteiger partial charge in [-0.2, -0.15) is 0 Å². The fraction of sp³-hybridized carbons (Fsp3) is 0.724. The maximum absolute atomic E-state index is 12.1. The minimum Gasteiger partial charge on any atom is -0.457 e. The number of phosphoric ester groups is 1. The van der Waals surface area contributed by atoms with Gasteiger partial charge in [0.25, 0.3) is 0 Å². The van der Waals surface area contributed by atoms with E-state index in [2.05, 4.69) is 43.4 Å². The van der Waals surface area contributed by atoms with Gasteiger partial charge in [-0.05, 0) is 44.9 Å². The molecule has 232 valence electrons. The van der Waals surface area contributed by atoms with Gasteiger partial charge in [-0.25, -0.2) is 4.57 Å².